The highest BCUT2D eigenvalue weighted by molar-refractivity contribution is 5.23. The number of allylic oxidation sites excluding steroid dienone is 2. The average molecular weight is 151 g/mol. The maximum atomic E-state index is 2.26. The molecule has 0 aromatic heterocycles. The summed E-state index contributed by atoms with van der Waals surface area (Å²) in [5.41, 5.74) is 1.82. The lowest BCUT2D eigenvalue weighted by Crippen LogP contribution is -2.24. The van der Waals surface area contributed by atoms with Gasteiger partial charge in [0.25, 0.3) is 0 Å². The summed E-state index contributed by atoms with van der Waals surface area (Å²) in [7, 11) is 2.11. The van der Waals surface area contributed by atoms with E-state index in [2.05, 4.69) is 51.1 Å². The normalized spacial score (nSPS) is 18.5. The van der Waals surface area contributed by atoms with Crippen LogP contribution < -0.4 is 0 Å². The van der Waals surface area contributed by atoms with Crippen molar-refractivity contribution in [1.82, 2.24) is 4.90 Å². The van der Waals surface area contributed by atoms with E-state index in [1.165, 1.54) is 5.57 Å². The highest BCUT2D eigenvalue weighted by atomic mass is 15.1. The Morgan fingerprint density at radius 2 is 2.00 bits per heavy atom. The number of likely N-dealkylation sites (N-methyl/N-ethyl adjacent to an activating group) is 1. The molecule has 1 aliphatic heterocycles. The third-order valence-electron chi connectivity index (χ3n) is 2.02. The molecule has 1 nitrogen and oxygen atoms in total. The first-order chi connectivity index (χ1) is 5.00. The molecule has 1 heteroatoms. The third-order valence-corrected chi connectivity index (χ3v) is 2.02. The molecule has 0 aromatic carbocycles. The lowest BCUT2D eigenvalue weighted by atomic mass is 9.85. The van der Waals surface area contributed by atoms with E-state index < -0.39 is 0 Å². The van der Waals surface area contributed by atoms with E-state index in [9.17, 15) is 0 Å². The summed E-state index contributed by atoms with van der Waals surface area (Å²) in [5, 5.41) is 0. The van der Waals surface area contributed by atoms with Gasteiger partial charge in [-0.2, -0.15) is 0 Å². The topological polar surface area (TPSA) is 3.24 Å². The van der Waals surface area contributed by atoms with Gasteiger partial charge in [0.15, 0.2) is 0 Å². The SMILES string of the molecule is CN1C=CC=C(C(C)(C)C)C1. The Bertz CT molecular complexity index is 193. The second-order valence-corrected chi connectivity index (χ2v) is 4.20. The van der Waals surface area contributed by atoms with E-state index in [1.807, 2.05) is 0 Å². The summed E-state index contributed by atoms with van der Waals surface area (Å²) in [5.74, 6) is 0. The van der Waals surface area contributed by atoms with E-state index in [1.54, 1.807) is 0 Å². The van der Waals surface area contributed by atoms with Crippen molar-refractivity contribution in [2.45, 2.75) is 20.8 Å². The second-order valence-electron chi connectivity index (χ2n) is 4.20. The van der Waals surface area contributed by atoms with Gasteiger partial charge in [-0.25, -0.2) is 0 Å². The van der Waals surface area contributed by atoms with Crippen LogP contribution in [0.1, 0.15) is 20.8 Å². The van der Waals surface area contributed by atoms with Crippen molar-refractivity contribution in [3.05, 3.63) is 23.9 Å². The van der Waals surface area contributed by atoms with Crippen LogP contribution in [0.3, 0.4) is 0 Å². The Morgan fingerprint density at radius 3 is 2.36 bits per heavy atom. The van der Waals surface area contributed by atoms with Crippen molar-refractivity contribution in [1.29, 1.82) is 0 Å². The molecule has 1 rings (SSSR count). The predicted octanol–water partition coefficient (Wildman–Crippen LogP) is 2.42. The number of hydrogen-bond donors (Lipinski definition) is 0. The van der Waals surface area contributed by atoms with Gasteiger partial charge in [-0.15, -0.1) is 0 Å². The van der Waals surface area contributed by atoms with Crippen LogP contribution >= 0.6 is 0 Å². The monoisotopic (exact) mass is 151 g/mol. The molecule has 0 saturated carbocycles. The van der Waals surface area contributed by atoms with E-state index in [0.717, 1.165) is 6.54 Å². The van der Waals surface area contributed by atoms with Crippen LogP contribution in [-0.2, 0) is 0 Å². The van der Waals surface area contributed by atoms with Gasteiger partial charge in [0.1, 0.15) is 0 Å². The van der Waals surface area contributed by atoms with Crippen molar-refractivity contribution in [3.63, 3.8) is 0 Å². The molecule has 0 N–H and O–H groups in total. The number of rotatable bonds is 0. The molecule has 0 aromatic rings. The lowest BCUT2D eigenvalue weighted by molar-refractivity contribution is 0.407. The summed E-state index contributed by atoms with van der Waals surface area (Å²) < 4.78 is 0. The standard InChI is InChI=1S/C10H17N/c1-10(2,3)9-6-5-7-11(4)8-9/h5-7H,8H2,1-4H3. The second kappa shape index (κ2) is 2.72. The molecule has 0 aliphatic carbocycles. The van der Waals surface area contributed by atoms with Crippen LogP contribution in [0.2, 0.25) is 0 Å². The zero-order valence-corrected chi connectivity index (χ0v) is 7.89. The predicted molar refractivity (Wildman–Crippen MR) is 49.3 cm³/mol. The first-order valence-electron chi connectivity index (χ1n) is 4.08. The minimum Gasteiger partial charge on any atom is -0.376 e. The highest BCUT2D eigenvalue weighted by Crippen LogP contribution is 2.27. The van der Waals surface area contributed by atoms with E-state index in [-0.39, 0.29) is 0 Å². The Labute approximate surface area is 69.4 Å². The summed E-state index contributed by atoms with van der Waals surface area (Å²) >= 11 is 0. The molecule has 0 atom stereocenters. The smallest absolute Gasteiger partial charge is 0.0388 e. The largest absolute Gasteiger partial charge is 0.376 e. The average Bonchev–Trinajstić information content (AvgIpc) is 1.86. The summed E-state index contributed by atoms with van der Waals surface area (Å²) in [6, 6.07) is 0. The quantitative estimate of drug-likeness (QED) is 0.514. The molecule has 0 radical (unpaired) electrons. The van der Waals surface area contributed by atoms with Crippen LogP contribution in [0.15, 0.2) is 23.9 Å². The van der Waals surface area contributed by atoms with Crippen molar-refractivity contribution >= 4 is 0 Å². The minimum atomic E-state index is 0.318. The first-order valence-corrected chi connectivity index (χ1v) is 4.08. The molecule has 11 heavy (non-hydrogen) atoms. The number of hydrogen-bond acceptors (Lipinski definition) is 1. The Morgan fingerprint density at radius 1 is 1.36 bits per heavy atom. The molecular formula is C10H17N. The van der Waals surface area contributed by atoms with E-state index >= 15 is 0 Å². The number of nitrogens with zero attached hydrogens (tertiary/aromatic N) is 1. The van der Waals surface area contributed by atoms with Gasteiger partial charge in [0, 0.05) is 13.6 Å². The zero-order valence-electron chi connectivity index (χ0n) is 7.89. The van der Waals surface area contributed by atoms with Gasteiger partial charge < -0.3 is 4.90 Å². The lowest BCUT2D eigenvalue weighted by Gasteiger charge is -2.29. The van der Waals surface area contributed by atoms with Gasteiger partial charge in [-0.1, -0.05) is 26.8 Å². The highest BCUT2D eigenvalue weighted by Gasteiger charge is 2.18. The van der Waals surface area contributed by atoms with Gasteiger partial charge in [0.2, 0.25) is 0 Å². The first kappa shape index (κ1) is 8.38. The van der Waals surface area contributed by atoms with Gasteiger partial charge >= 0.3 is 0 Å². The molecule has 0 fully saturated rings. The van der Waals surface area contributed by atoms with Gasteiger partial charge in [0.05, 0.1) is 0 Å². The zero-order chi connectivity index (χ0) is 8.48. The van der Waals surface area contributed by atoms with Crippen LogP contribution in [0.25, 0.3) is 0 Å². The fraction of sp³-hybridized carbons (Fsp3) is 0.600. The molecule has 0 bridgehead atoms. The fourth-order valence-electron chi connectivity index (χ4n) is 1.17. The summed E-state index contributed by atoms with van der Waals surface area (Å²) in [4.78, 5) is 2.21. The van der Waals surface area contributed by atoms with Crippen LogP contribution in [0, 0.1) is 5.41 Å². The molecule has 0 unspecified atom stereocenters. The fourth-order valence-corrected chi connectivity index (χ4v) is 1.17. The molecular weight excluding hydrogens is 134 g/mol. The van der Waals surface area contributed by atoms with E-state index in [4.69, 9.17) is 0 Å². The third kappa shape index (κ3) is 2.11. The molecule has 0 spiro atoms. The molecule has 1 heterocycles. The van der Waals surface area contributed by atoms with Crippen LogP contribution in [0.4, 0.5) is 0 Å². The Kier molecular flexibility index (Phi) is 2.08. The van der Waals surface area contributed by atoms with Crippen molar-refractivity contribution in [3.8, 4) is 0 Å². The molecule has 0 amide bonds. The van der Waals surface area contributed by atoms with Gasteiger partial charge in [-0.05, 0) is 23.3 Å². The summed E-state index contributed by atoms with van der Waals surface area (Å²) in [6.07, 6.45) is 6.44. The van der Waals surface area contributed by atoms with Crippen molar-refractivity contribution in [2.75, 3.05) is 13.6 Å². The van der Waals surface area contributed by atoms with Crippen molar-refractivity contribution < 1.29 is 0 Å². The maximum absolute atomic E-state index is 2.26. The molecule has 62 valence electrons. The summed E-state index contributed by atoms with van der Waals surface area (Å²) in [6.45, 7) is 7.84. The molecule has 0 saturated heterocycles. The van der Waals surface area contributed by atoms with Gasteiger partial charge in [-0.3, -0.25) is 0 Å². The molecule has 1 aliphatic rings. The minimum absolute atomic E-state index is 0.318. The Hall–Kier alpha value is -0.720. The van der Waals surface area contributed by atoms with E-state index in [0.29, 0.717) is 5.41 Å². The Balaban J connectivity index is 2.75. The van der Waals surface area contributed by atoms with Crippen molar-refractivity contribution in [2.24, 2.45) is 5.41 Å². The van der Waals surface area contributed by atoms with Crippen LogP contribution in [-0.4, -0.2) is 18.5 Å². The maximum Gasteiger partial charge on any atom is 0.0388 e. The van der Waals surface area contributed by atoms with Crippen LogP contribution in [0.5, 0.6) is 0 Å².